The van der Waals surface area contributed by atoms with Crippen LogP contribution < -0.4 is 0 Å². The van der Waals surface area contributed by atoms with Crippen LogP contribution >= 0.6 is 0 Å². The lowest BCUT2D eigenvalue weighted by molar-refractivity contribution is 0.173. The van der Waals surface area contributed by atoms with E-state index in [0.717, 1.165) is 25.0 Å². The maximum atomic E-state index is 6.25. The van der Waals surface area contributed by atoms with Gasteiger partial charge in [0.2, 0.25) is 0 Å². The van der Waals surface area contributed by atoms with Crippen molar-refractivity contribution in [2.75, 3.05) is 13.2 Å². The molecule has 19 heavy (non-hydrogen) atoms. The van der Waals surface area contributed by atoms with Gasteiger partial charge in [0.05, 0.1) is 0 Å². The van der Waals surface area contributed by atoms with Crippen molar-refractivity contribution < 1.29 is 8.85 Å². The third-order valence-electron chi connectivity index (χ3n) is 4.25. The Morgan fingerprint density at radius 2 is 1.68 bits per heavy atom. The lowest BCUT2D eigenvalue weighted by atomic mass is 10.0. The quantitative estimate of drug-likeness (QED) is 0.463. The van der Waals surface area contributed by atoms with Gasteiger partial charge in [0.25, 0.3) is 0 Å². The van der Waals surface area contributed by atoms with Crippen molar-refractivity contribution in [1.82, 2.24) is 0 Å². The molecule has 1 saturated carbocycles. The highest BCUT2D eigenvalue weighted by Crippen LogP contribution is 2.41. The summed E-state index contributed by atoms with van der Waals surface area (Å²) in [5, 5.41) is 0. The lowest BCUT2D eigenvalue weighted by Crippen LogP contribution is -2.44. The maximum Gasteiger partial charge on any atom is 0.338 e. The molecule has 114 valence electrons. The smallest absolute Gasteiger partial charge is 0.338 e. The summed E-state index contributed by atoms with van der Waals surface area (Å²) in [5.41, 5.74) is 0. The van der Waals surface area contributed by atoms with Gasteiger partial charge in [-0.2, -0.15) is 0 Å². The second-order valence-corrected chi connectivity index (χ2v) is 9.26. The summed E-state index contributed by atoms with van der Waals surface area (Å²) in [6.07, 6.45) is 8.09. The Morgan fingerprint density at radius 1 is 1.05 bits per heavy atom. The maximum absolute atomic E-state index is 6.25. The molecule has 1 fully saturated rings. The number of hydrogen-bond donors (Lipinski definition) is 0. The molecule has 0 spiro atoms. The Bertz CT molecular complexity index is 223. The van der Waals surface area contributed by atoms with Gasteiger partial charge in [-0.05, 0) is 37.8 Å². The second kappa shape index (κ2) is 9.14. The summed E-state index contributed by atoms with van der Waals surface area (Å²) in [4.78, 5) is 0. The van der Waals surface area contributed by atoms with Gasteiger partial charge in [0.1, 0.15) is 0 Å². The van der Waals surface area contributed by atoms with E-state index in [-0.39, 0.29) is 0 Å². The zero-order valence-corrected chi connectivity index (χ0v) is 14.5. The van der Waals surface area contributed by atoms with Gasteiger partial charge >= 0.3 is 8.56 Å². The van der Waals surface area contributed by atoms with E-state index in [1.807, 2.05) is 0 Å². The van der Waals surface area contributed by atoms with Crippen molar-refractivity contribution in [3.8, 4) is 0 Å². The molecule has 1 aliphatic carbocycles. The second-order valence-electron chi connectivity index (χ2n) is 6.04. The molecule has 0 aliphatic heterocycles. The van der Waals surface area contributed by atoms with E-state index in [0.29, 0.717) is 0 Å². The molecule has 1 rings (SSSR count). The summed E-state index contributed by atoms with van der Waals surface area (Å²) < 4.78 is 12.5. The van der Waals surface area contributed by atoms with Crippen LogP contribution in [0.5, 0.6) is 0 Å². The summed E-state index contributed by atoms with van der Waals surface area (Å²) in [7, 11) is -1.93. The van der Waals surface area contributed by atoms with Crippen LogP contribution in [0.4, 0.5) is 0 Å². The monoisotopic (exact) mass is 286 g/mol. The van der Waals surface area contributed by atoms with Gasteiger partial charge in [0, 0.05) is 13.2 Å². The van der Waals surface area contributed by atoms with Crippen LogP contribution in [0.2, 0.25) is 12.1 Å². The first kappa shape index (κ1) is 17.2. The van der Waals surface area contributed by atoms with Crippen molar-refractivity contribution in [1.29, 1.82) is 0 Å². The molecular formula is C16H34O2Si. The summed E-state index contributed by atoms with van der Waals surface area (Å²) in [5.74, 6) is 1.72. The van der Waals surface area contributed by atoms with Crippen molar-refractivity contribution in [3.63, 3.8) is 0 Å². The Morgan fingerprint density at radius 3 is 2.11 bits per heavy atom. The fourth-order valence-electron chi connectivity index (χ4n) is 3.03. The minimum absolute atomic E-state index is 0.809. The first-order chi connectivity index (χ1) is 9.19. The summed E-state index contributed by atoms with van der Waals surface area (Å²) in [6, 6.07) is 2.47. The molecule has 0 saturated heterocycles. The first-order valence-electron chi connectivity index (χ1n) is 8.47. The highest BCUT2D eigenvalue weighted by atomic mass is 28.4. The van der Waals surface area contributed by atoms with E-state index >= 15 is 0 Å². The largest absolute Gasteiger partial charge is 0.394 e. The Hall–Kier alpha value is 0.137. The molecule has 0 aromatic rings. The molecular weight excluding hydrogens is 252 g/mol. The first-order valence-corrected chi connectivity index (χ1v) is 10.7. The van der Waals surface area contributed by atoms with Crippen LogP contribution in [-0.4, -0.2) is 21.8 Å². The lowest BCUT2D eigenvalue weighted by Gasteiger charge is -2.33. The molecule has 1 aliphatic rings. The minimum Gasteiger partial charge on any atom is -0.394 e. The van der Waals surface area contributed by atoms with E-state index in [1.54, 1.807) is 0 Å². The van der Waals surface area contributed by atoms with Crippen LogP contribution in [-0.2, 0) is 8.85 Å². The Labute approximate surface area is 121 Å². The molecule has 0 bridgehead atoms. The van der Waals surface area contributed by atoms with Crippen molar-refractivity contribution in [2.24, 2.45) is 11.8 Å². The summed E-state index contributed by atoms with van der Waals surface area (Å²) >= 11 is 0. The fourth-order valence-corrected chi connectivity index (χ4v) is 7.47. The highest BCUT2D eigenvalue weighted by Gasteiger charge is 2.43. The topological polar surface area (TPSA) is 18.5 Å². The normalized spacial score (nSPS) is 17.7. The zero-order valence-electron chi connectivity index (χ0n) is 13.5. The standard InChI is InChI=1S/C16H34O2Si/c1-5-9-10-15(6-2)13-19(17-7-3,18-8-4)14-16-11-12-16/h15-16H,5-14H2,1-4H3. The van der Waals surface area contributed by atoms with Crippen molar-refractivity contribution >= 4 is 8.56 Å². The predicted molar refractivity (Wildman–Crippen MR) is 84.7 cm³/mol. The Balaban J connectivity index is 2.61. The van der Waals surface area contributed by atoms with E-state index in [2.05, 4.69) is 27.7 Å². The molecule has 1 atom stereocenters. The summed E-state index contributed by atoms with van der Waals surface area (Å²) in [6.45, 7) is 10.5. The molecule has 0 heterocycles. The SMILES string of the molecule is CCCCC(CC)C[Si](CC1CC1)(OCC)OCC. The average molecular weight is 287 g/mol. The molecule has 0 radical (unpaired) electrons. The third kappa shape index (κ3) is 6.41. The van der Waals surface area contributed by atoms with Gasteiger partial charge in [-0.1, -0.05) is 52.4 Å². The van der Waals surface area contributed by atoms with Crippen LogP contribution in [0, 0.1) is 11.8 Å². The highest BCUT2D eigenvalue weighted by molar-refractivity contribution is 6.67. The molecule has 1 unspecified atom stereocenters. The van der Waals surface area contributed by atoms with Gasteiger partial charge in [-0.15, -0.1) is 0 Å². The van der Waals surface area contributed by atoms with Gasteiger partial charge in [-0.25, -0.2) is 0 Å². The molecule has 3 heteroatoms. The predicted octanol–water partition coefficient (Wildman–Crippen LogP) is 5.13. The molecule has 0 aromatic carbocycles. The van der Waals surface area contributed by atoms with Crippen LogP contribution in [0.3, 0.4) is 0 Å². The van der Waals surface area contributed by atoms with Crippen LogP contribution in [0.15, 0.2) is 0 Å². The molecule has 2 nitrogen and oxygen atoms in total. The third-order valence-corrected chi connectivity index (χ3v) is 8.28. The van der Waals surface area contributed by atoms with Gasteiger partial charge in [0.15, 0.2) is 0 Å². The molecule has 0 aromatic heterocycles. The average Bonchev–Trinajstić information content (AvgIpc) is 3.19. The fraction of sp³-hybridized carbons (Fsp3) is 1.00. The van der Waals surface area contributed by atoms with Crippen molar-refractivity contribution in [2.45, 2.75) is 78.3 Å². The van der Waals surface area contributed by atoms with Gasteiger partial charge < -0.3 is 8.85 Å². The van der Waals surface area contributed by atoms with E-state index < -0.39 is 8.56 Å². The van der Waals surface area contributed by atoms with E-state index in [9.17, 15) is 0 Å². The zero-order chi connectivity index (χ0) is 14.1. The van der Waals surface area contributed by atoms with Gasteiger partial charge in [-0.3, -0.25) is 0 Å². The van der Waals surface area contributed by atoms with E-state index in [4.69, 9.17) is 8.85 Å². The van der Waals surface area contributed by atoms with E-state index in [1.165, 1.54) is 50.6 Å². The number of unbranched alkanes of at least 4 members (excludes halogenated alkanes) is 1. The van der Waals surface area contributed by atoms with Crippen molar-refractivity contribution in [3.05, 3.63) is 0 Å². The number of hydrogen-bond acceptors (Lipinski definition) is 2. The molecule has 0 amide bonds. The van der Waals surface area contributed by atoms with Crippen LogP contribution in [0.25, 0.3) is 0 Å². The molecule has 0 N–H and O–H groups in total. The number of rotatable bonds is 12. The Kier molecular flexibility index (Phi) is 8.27. The van der Waals surface area contributed by atoms with Crippen LogP contribution in [0.1, 0.15) is 66.2 Å². The minimum atomic E-state index is -1.93.